The molecule has 0 aliphatic heterocycles. The van der Waals surface area contributed by atoms with Crippen LogP contribution in [0.15, 0.2) is 0 Å². The minimum absolute atomic E-state index is 0. The molecule has 0 saturated carbocycles. The topological polar surface area (TPSA) is 227 Å². The van der Waals surface area contributed by atoms with Crippen LogP contribution in [0, 0.1) is 0 Å². The molecule has 0 fully saturated rings. The van der Waals surface area contributed by atoms with Crippen molar-refractivity contribution in [3.8, 4) is 0 Å². The van der Waals surface area contributed by atoms with Crippen molar-refractivity contribution in [1.29, 1.82) is 0 Å². The van der Waals surface area contributed by atoms with E-state index in [1.807, 2.05) is 0 Å². The number of hydrogen-bond acceptors (Lipinski definition) is 12. The van der Waals surface area contributed by atoms with E-state index in [1.54, 1.807) is 21.3 Å². The van der Waals surface area contributed by atoms with Gasteiger partial charge < -0.3 is 59.7 Å². The Morgan fingerprint density at radius 1 is 0.590 bits per heavy atom. The van der Waals surface area contributed by atoms with Gasteiger partial charge in [0.1, 0.15) is 0 Å². The molecule has 0 saturated heterocycles. The molecular formula is C23H68N2O12PdSi. The number of carbonyl (C=O) groups excluding carboxylic acids is 2. The second kappa shape index (κ2) is 98.7. The van der Waals surface area contributed by atoms with Gasteiger partial charge in [-0.15, -0.1) is 0 Å². The van der Waals surface area contributed by atoms with Crippen LogP contribution in [0.1, 0.15) is 54.9 Å². The monoisotopic (exact) mass is 698 g/mol. The fraction of sp³-hybridized carbons (Fsp3) is 0.913. The van der Waals surface area contributed by atoms with Crippen molar-refractivity contribution >= 4 is 20.6 Å². The fourth-order valence-corrected chi connectivity index (χ4v) is 3.29. The second-order valence-corrected chi connectivity index (χ2v) is 7.81. The zero-order valence-electron chi connectivity index (χ0n) is 25.2. The summed E-state index contributed by atoms with van der Waals surface area (Å²) < 4.78 is 15.7. The number of amides is 2. The quantitative estimate of drug-likeness (QED) is 0.107. The van der Waals surface area contributed by atoms with Gasteiger partial charge in [-0.05, 0) is 12.8 Å². The Morgan fingerprint density at radius 3 is 1.00 bits per heavy atom. The molecule has 2 amide bonds. The molecule has 0 bridgehead atoms. The summed E-state index contributed by atoms with van der Waals surface area (Å²) in [6.45, 7) is 6.58. The third kappa shape index (κ3) is 102. The van der Waals surface area contributed by atoms with Crippen LogP contribution in [0.2, 0.25) is 6.04 Å². The van der Waals surface area contributed by atoms with Crippen LogP contribution < -0.4 is 10.6 Å². The number of aliphatic hydroxyl groups is 7. The van der Waals surface area contributed by atoms with E-state index in [0.717, 1.165) is 75.6 Å². The molecule has 0 aliphatic carbocycles. The van der Waals surface area contributed by atoms with Crippen molar-refractivity contribution in [2.24, 2.45) is 0 Å². The molecular weight excluding hydrogens is 631 g/mol. The summed E-state index contributed by atoms with van der Waals surface area (Å²) in [6.07, 6.45) is 3.02. The number of hydrogen-bond donors (Lipinski definition) is 9. The van der Waals surface area contributed by atoms with Crippen molar-refractivity contribution in [1.82, 2.24) is 10.6 Å². The number of unbranched alkanes of at least 4 members (excludes halogenated alkanes) is 1. The van der Waals surface area contributed by atoms with Crippen LogP contribution in [-0.2, 0) is 43.3 Å². The second-order valence-electron chi connectivity index (χ2n) is 4.72. The van der Waals surface area contributed by atoms with Crippen LogP contribution in [0.4, 0.5) is 0 Å². The standard InChI is InChI=1S/C8H19NO4Si.C6H13NO.7CH4O.2CH4.Pd/c1-8(10)9-6-5-7-14(11-2,12-3)13-4;1-3-4-5-7-6(2)8;7*1-2;;;/h5-7H2,1-4H3,(H,9,10);3-5H2,1-2H3,(H,7,8);7*2H,1H3;2*1H4;. The molecule has 0 spiro atoms. The minimum atomic E-state index is -2.44. The van der Waals surface area contributed by atoms with Gasteiger partial charge in [-0.3, -0.25) is 9.59 Å². The molecule has 0 aliphatic rings. The maximum absolute atomic E-state index is 10.6. The van der Waals surface area contributed by atoms with Crippen molar-refractivity contribution < 1.29 is 79.0 Å². The molecule has 0 unspecified atom stereocenters. The maximum Gasteiger partial charge on any atom is 0.500 e. The van der Waals surface area contributed by atoms with E-state index >= 15 is 0 Å². The van der Waals surface area contributed by atoms with Crippen LogP contribution in [0.5, 0.6) is 0 Å². The summed E-state index contributed by atoms with van der Waals surface area (Å²) in [6, 6.07) is 0.705. The van der Waals surface area contributed by atoms with Gasteiger partial charge in [-0.1, -0.05) is 28.2 Å². The van der Waals surface area contributed by atoms with Gasteiger partial charge in [0.15, 0.2) is 0 Å². The molecule has 0 radical (unpaired) electrons. The average Bonchev–Trinajstić information content (AvgIpc) is 2.97. The Labute approximate surface area is 255 Å². The first kappa shape index (κ1) is 77.1. The van der Waals surface area contributed by atoms with Gasteiger partial charge in [0.2, 0.25) is 11.8 Å². The Bertz CT molecular complexity index is 317. The summed E-state index contributed by atoms with van der Waals surface area (Å²) in [5, 5.41) is 54.4. The van der Waals surface area contributed by atoms with E-state index in [0.29, 0.717) is 12.6 Å². The van der Waals surface area contributed by atoms with E-state index in [-0.39, 0.29) is 47.1 Å². The molecule has 256 valence electrons. The maximum atomic E-state index is 10.6. The van der Waals surface area contributed by atoms with E-state index in [1.165, 1.54) is 13.8 Å². The van der Waals surface area contributed by atoms with Crippen molar-refractivity contribution in [2.75, 3.05) is 84.2 Å². The molecule has 0 heterocycles. The van der Waals surface area contributed by atoms with Crippen LogP contribution >= 0.6 is 0 Å². The minimum Gasteiger partial charge on any atom is -0.400 e. The number of carbonyl (C=O) groups is 2. The predicted octanol–water partition coefficient (Wildman–Crippen LogP) is -0.157. The molecule has 0 aromatic carbocycles. The van der Waals surface area contributed by atoms with E-state index in [2.05, 4.69) is 17.6 Å². The first-order valence-electron chi connectivity index (χ1n) is 10.6. The largest absolute Gasteiger partial charge is 0.500 e. The van der Waals surface area contributed by atoms with Crippen LogP contribution in [-0.4, -0.2) is 141 Å². The summed E-state index contributed by atoms with van der Waals surface area (Å²) in [7, 11) is 9.30. The first-order valence-corrected chi connectivity index (χ1v) is 12.6. The normalized spacial score (nSPS) is 6.97. The van der Waals surface area contributed by atoms with Gasteiger partial charge in [-0.25, -0.2) is 0 Å². The molecule has 0 aromatic rings. The number of nitrogens with one attached hydrogen (secondary N) is 2. The van der Waals surface area contributed by atoms with Gasteiger partial charge in [-0.2, -0.15) is 0 Å². The van der Waals surface area contributed by atoms with E-state index in [9.17, 15) is 9.59 Å². The molecule has 0 aromatic heterocycles. The van der Waals surface area contributed by atoms with Gasteiger partial charge in [0, 0.05) is 125 Å². The summed E-state index contributed by atoms with van der Waals surface area (Å²) in [5.74, 6) is 0.0444. The molecule has 0 atom stereocenters. The Morgan fingerprint density at radius 2 is 0.821 bits per heavy atom. The van der Waals surface area contributed by atoms with Crippen molar-refractivity contribution in [3.63, 3.8) is 0 Å². The van der Waals surface area contributed by atoms with Gasteiger partial charge >= 0.3 is 8.80 Å². The van der Waals surface area contributed by atoms with Crippen LogP contribution in [0.3, 0.4) is 0 Å². The fourth-order valence-electron chi connectivity index (χ4n) is 1.57. The smallest absolute Gasteiger partial charge is 0.400 e. The Balaban J connectivity index is -0.0000000252. The Kier molecular flexibility index (Phi) is 195. The third-order valence-corrected chi connectivity index (χ3v) is 5.70. The summed E-state index contributed by atoms with van der Waals surface area (Å²) in [5.41, 5.74) is 0. The van der Waals surface area contributed by atoms with Crippen molar-refractivity contribution in [2.45, 2.75) is 60.9 Å². The number of rotatable bonds is 10. The van der Waals surface area contributed by atoms with E-state index in [4.69, 9.17) is 49.0 Å². The molecule has 16 heteroatoms. The van der Waals surface area contributed by atoms with Crippen LogP contribution in [0.25, 0.3) is 0 Å². The molecule has 14 nitrogen and oxygen atoms in total. The Hall–Kier alpha value is -0.581. The average molecular weight is 699 g/mol. The molecule has 9 N–H and O–H groups in total. The zero-order valence-corrected chi connectivity index (χ0v) is 27.8. The predicted molar refractivity (Wildman–Crippen MR) is 159 cm³/mol. The van der Waals surface area contributed by atoms with E-state index < -0.39 is 8.80 Å². The number of aliphatic hydroxyl groups excluding tert-OH is 7. The third-order valence-electron chi connectivity index (χ3n) is 2.87. The van der Waals surface area contributed by atoms with Crippen molar-refractivity contribution in [3.05, 3.63) is 0 Å². The summed E-state index contributed by atoms with van der Waals surface area (Å²) in [4.78, 5) is 20.8. The molecule has 0 rings (SSSR count). The SMILES string of the molecule is C.C.CCCCNC(C)=O.CO.CO.CO.CO.CO.CO.CO.CO[Si](CCCNC(C)=O)(OC)OC.[Pd]. The van der Waals surface area contributed by atoms with Gasteiger partial charge in [0.05, 0.1) is 0 Å². The zero-order chi connectivity index (χ0) is 31.4. The van der Waals surface area contributed by atoms with Gasteiger partial charge in [0.25, 0.3) is 0 Å². The first-order chi connectivity index (χ1) is 17.4. The molecule has 39 heavy (non-hydrogen) atoms. The summed E-state index contributed by atoms with van der Waals surface area (Å²) >= 11 is 0.